The van der Waals surface area contributed by atoms with Crippen LogP contribution in [0, 0.1) is 17.2 Å². The van der Waals surface area contributed by atoms with Gasteiger partial charge < -0.3 is 11.1 Å². The lowest BCUT2D eigenvalue weighted by molar-refractivity contribution is -0.120. The van der Waals surface area contributed by atoms with Gasteiger partial charge in [0, 0.05) is 17.0 Å². The Hall–Kier alpha value is -2.06. The van der Waals surface area contributed by atoms with Gasteiger partial charge in [-0.25, -0.2) is 0 Å². The first-order valence-electron chi connectivity index (χ1n) is 5.68. The first-order chi connectivity index (χ1) is 8.95. The molecule has 0 spiro atoms. The number of nitrogens with one attached hydrogen (secondary N) is 1. The number of hydrogen-bond acceptors (Lipinski definition) is 3. The van der Waals surface area contributed by atoms with Crippen LogP contribution in [-0.4, -0.2) is 17.9 Å². The largest absolute Gasteiger partial charge is 0.368 e. The molecule has 1 aromatic rings. The molecule has 0 radical (unpaired) electrons. The summed E-state index contributed by atoms with van der Waals surface area (Å²) in [6.07, 6.45) is 0.133. The van der Waals surface area contributed by atoms with E-state index >= 15 is 0 Å². The van der Waals surface area contributed by atoms with Gasteiger partial charge in [-0.05, 0) is 30.2 Å². The van der Waals surface area contributed by atoms with Gasteiger partial charge in [0.15, 0.2) is 0 Å². The topological polar surface area (TPSA) is 96.0 Å². The first kappa shape index (κ1) is 15.0. The van der Waals surface area contributed by atoms with E-state index in [9.17, 15) is 9.59 Å². The van der Waals surface area contributed by atoms with Crippen LogP contribution in [0.1, 0.15) is 23.7 Å². The van der Waals surface area contributed by atoms with Crippen molar-refractivity contribution in [2.75, 3.05) is 0 Å². The van der Waals surface area contributed by atoms with Gasteiger partial charge in [0.25, 0.3) is 5.91 Å². The number of carbonyl (C=O) groups is 2. The van der Waals surface area contributed by atoms with Crippen LogP contribution in [0.25, 0.3) is 0 Å². The predicted molar refractivity (Wildman–Crippen MR) is 71.3 cm³/mol. The van der Waals surface area contributed by atoms with Crippen molar-refractivity contribution in [1.82, 2.24) is 5.32 Å². The van der Waals surface area contributed by atoms with Crippen molar-refractivity contribution >= 4 is 23.4 Å². The summed E-state index contributed by atoms with van der Waals surface area (Å²) in [5.74, 6) is -1.44. The van der Waals surface area contributed by atoms with E-state index < -0.39 is 17.9 Å². The Kier molecular flexibility index (Phi) is 5.34. The number of carbonyl (C=O) groups excluding carboxylic acids is 2. The molecule has 0 saturated carbocycles. The summed E-state index contributed by atoms with van der Waals surface area (Å²) < 4.78 is 0. The highest BCUT2D eigenvalue weighted by atomic mass is 35.5. The maximum atomic E-state index is 11.9. The van der Waals surface area contributed by atoms with Crippen LogP contribution in [0.15, 0.2) is 24.3 Å². The highest BCUT2D eigenvalue weighted by Gasteiger charge is 2.25. The number of primary amides is 1. The summed E-state index contributed by atoms with van der Waals surface area (Å²) in [5.41, 5.74) is 5.61. The van der Waals surface area contributed by atoms with E-state index in [0.717, 1.165) is 0 Å². The molecule has 0 fully saturated rings. The van der Waals surface area contributed by atoms with Crippen molar-refractivity contribution in [2.45, 2.75) is 19.4 Å². The molecule has 0 aliphatic heterocycles. The Morgan fingerprint density at radius 2 is 2.00 bits per heavy atom. The van der Waals surface area contributed by atoms with Crippen LogP contribution in [0.5, 0.6) is 0 Å². The van der Waals surface area contributed by atoms with Gasteiger partial charge in [0.2, 0.25) is 5.91 Å². The van der Waals surface area contributed by atoms with E-state index in [1.54, 1.807) is 31.2 Å². The van der Waals surface area contributed by atoms with Gasteiger partial charge in [-0.1, -0.05) is 18.5 Å². The van der Waals surface area contributed by atoms with Crippen LogP contribution < -0.4 is 11.1 Å². The molecule has 0 aromatic heterocycles. The summed E-state index contributed by atoms with van der Waals surface area (Å²) in [6.45, 7) is 1.68. The van der Waals surface area contributed by atoms with Crippen molar-refractivity contribution in [3.8, 4) is 6.07 Å². The molecule has 3 N–H and O–H groups in total. The summed E-state index contributed by atoms with van der Waals surface area (Å²) >= 11 is 5.72. The smallest absolute Gasteiger partial charge is 0.251 e. The lowest BCUT2D eigenvalue weighted by atomic mass is 9.98. The number of nitrogens with zero attached hydrogens (tertiary/aromatic N) is 1. The van der Waals surface area contributed by atoms with E-state index in [-0.39, 0.29) is 12.3 Å². The monoisotopic (exact) mass is 279 g/mol. The molecular formula is C13H14ClN3O2. The average molecular weight is 280 g/mol. The van der Waals surface area contributed by atoms with Crippen molar-refractivity contribution in [3.63, 3.8) is 0 Å². The zero-order valence-electron chi connectivity index (χ0n) is 10.4. The van der Waals surface area contributed by atoms with Crippen LogP contribution in [-0.2, 0) is 4.79 Å². The predicted octanol–water partition coefficient (Wildman–Crippen LogP) is 1.47. The summed E-state index contributed by atoms with van der Waals surface area (Å²) in [6, 6.07) is 7.32. The second-order valence-corrected chi connectivity index (χ2v) is 4.64. The molecule has 2 atom stereocenters. The third-order valence-electron chi connectivity index (χ3n) is 2.68. The molecule has 6 heteroatoms. The number of amides is 2. The molecule has 0 unspecified atom stereocenters. The molecule has 100 valence electrons. The van der Waals surface area contributed by atoms with E-state index in [1.165, 1.54) is 0 Å². The van der Waals surface area contributed by atoms with Gasteiger partial charge in [0.1, 0.15) is 6.04 Å². The fraction of sp³-hybridized carbons (Fsp3) is 0.308. The molecule has 0 aliphatic carbocycles. The normalized spacial score (nSPS) is 13.1. The van der Waals surface area contributed by atoms with E-state index in [0.29, 0.717) is 10.6 Å². The average Bonchev–Trinajstić information content (AvgIpc) is 2.36. The molecule has 1 rings (SSSR count). The zero-order valence-corrected chi connectivity index (χ0v) is 11.1. The Morgan fingerprint density at radius 3 is 2.47 bits per heavy atom. The van der Waals surface area contributed by atoms with Crippen LogP contribution >= 0.6 is 11.6 Å². The third-order valence-corrected chi connectivity index (χ3v) is 2.93. The van der Waals surface area contributed by atoms with E-state index in [2.05, 4.69) is 5.32 Å². The van der Waals surface area contributed by atoms with Crippen molar-refractivity contribution in [3.05, 3.63) is 34.9 Å². The second kappa shape index (κ2) is 6.76. The molecule has 19 heavy (non-hydrogen) atoms. The lowest BCUT2D eigenvalue weighted by Gasteiger charge is -2.20. The van der Waals surface area contributed by atoms with E-state index in [1.807, 2.05) is 6.07 Å². The Bertz CT molecular complexity index is 508. The lowest BCUT2D eigenvalue weighted by Crippen LogP contribution is -2.48. The number of nitriles is 1. The Labute approximate surface area is 116 Å². The molecular weight excluding hydrogens is 266 g/mol. The fourth-order valence-corrected chi connectivity index (χ4v) is 1.71. The minimum Gasteiger partial charge on any atom is -0.368 e. The minimum atomic E-state index is -0.872. The Balaban J connectivity index is 2.80. The number of hydrogen-bond donors (Lipinski definition) is 2. The molecule has 0 bridgehead atoms. The number of nitrogens with two attached hydrogens (primary N) is 1. The highest BCUT2D eigenvalue weighted by Crippen LogP contribution is 2.11. The van der Waals surface area contributed by atoms with Gasteiger partial charge in [-0.2, -0.15) is 5.26 Å². The van der Waals surface area contributed by atoms with Crippen molar-refractivity contribution in [2.24, 2.45) is 11.7 Å². The molecule has 1 aromatic carbocycles. The SMILES string of the molecule is C[C@H](CC#N)[C@@H](NC(=O)c1ccc(Cl)cc1)C(N)=O. The van der Waals surface area contributed by atoms with Crippen LogP contribution in [0.4, 0.5) is 0 Å². The van der Waals surface area contributed by atoms with Crippen molar-refractivity contribution in [1.29, 1.82) is 5.26 Å². The molecule has 5 nitrogen and oxygen atoms in total. The maximum Gasteiger partial charge on any atom is 0.251 e. The minimum absolute atomic E-state index is 0.133. The third kappa shape index (κ3) is 4.27. The number of benzene rings is 1. The highest BCUT2D eigenvalue weighted by molar-refractivity contribution is 6.30. The Morgan fingerprint density at radius 1 is 1.42 bits per heavy atom. The van der Waals surface area contributed by atoms with Gasteiger partial charge >= 0.3 is 0 Å². The summed E-state index contributed by atoms with van der Waals surface area (Å²) in [7, 11) is 0. The molecule has 2 amide bonds. The number of rotatable bonds is 5. The second-order valence-electron chi connectivity index (χ2n) is 4.20. The van der Waals surface area contributed by atoms with Gasteiger partial charge in [0.05, 0.1) is 6.07 Å². The molecule has 0 heterocycles. The zero-order chi connectivity index (χ0) is 14.4. The first-order valence-corrected chi connectivity index (χ1v) is 6.06. The van der Waals surface area contributed by atoms with Gasteiger partial charge in [-0.3, -0.25) is 9.59 Å². The summed E-state index contributed by atoms with van der Waals surface area (Å²) in [4.78, 5) is 23.2. The van der Waals surface area contributed by atoms with Crippen LogP contribution in [0.2, 0.25) is 5.02 Å². The molecule has 0 aliphatic rings. The standard InChI is InChI=1S/C13H14ClN3O2/c1-8(6-7-15)11(12(16)18)17-13(19)9-2-4-10(14)5-3-9/h2-5,8,11H,6H2,1H3,(H2,16,18)(H,17,19)/t8-,11-/m1/s1. The quantitative estimate of drug-likeness (QED) is 0.854. The van der Waals surface area contributed by atoms with Gasteiger partial charge in [-0.15, -0.1) is 0 Å². The fourth-order valence-electron chi connectivity index (χ4n) is 1.58. The maximum absolute atomic E-state index is 11.9. The summed E-state index contributed by atoms with van der Waals surface area (Å²) in [5, 5.41) is 11.7. The van der Waals surface area contributed by atoms with E-state index in [4.69, 9.17) is 22.6 Å². The van der Waals surface area contributed by atoms with Crippen molar-refractivity contribution < 1.29 is 9.59 Å². The number of halogens is 1. The molecule has 0 saturated heterocycles. The van der Waals surface area contributed by atoms with Crippen LogP contribution in [0.3, 0.4) is 0 Å².